The van der Waals surface area contributed by atoms with E-state index in [1.165, 1.54) is 26.5 Å². The predicted molar refractivity (Wildman–Crippen MR) is 131 cm³/mol. The number of rotatable bonds is 6. The summed E-state index contributed by atoms with van der Waals surface area (Å²) in [4.78, 5) is 18.0. The Balaban J connectivity index is 1.44. The largest absolute Gasteiger partial charge is 0.495 e. The third-order valence-corrected chi connectivity index (χ3v) is 9.03. The number of aromatic nitrogens is 2. The lowest BCUT2D eigenvalue weighted by molar-refractivity contribution is -0.117. The number of hydrogen-bond donors (Lipinski definition) is 1. The Labute approximate surface area is 208 Å². The summed E-state index contributed by atoms with van der Waals surface area (Å²) < 4.78 is 45.7. The van der Waals surface area contributed by atoms with E-state index >= 15 is 0 Å². The van der Waals surface area contributed by atoms with Crippen molar-refractivity contribution < 1.29 is 27.2 Å². The Morgan fingerprint density at radius 3 is 2.69 bits per heavy atom. The lowest BCUT2D eigenvalue weighted by Crippen LogP contribution is -2.25. The summed E-state index contributed by atoms with van der Waals surface area (Å²) in [5.74, 6) is 1.18. The molecule has 0 unspecified atom stereocenters. The Bertz CT molecular complexity index is 1480. The highest BCUT2D eigenvalue weighted by Crippen LogP contribution is 2.62. The zero-order valence-corrected chi connectivity index (χ0v) is 21.0. The molecule has 2 fully saturated rings. The summed E-state index contributed by atoms with van der Waals surface area (Å²) in [6.07, 6.45) is 4.35. The number of carbonyl (C=O) groups is 1. The van der Waals surface area contributed by atoms with Crippen molar-refractivity contribution in [3.63, 3.8) is 0 Å². The van der Waals surface area contributed by atoms with Crippen LogP contribution < -0.4 is 19.1 Å². The molecule has 10 nitrogen and oxygen atoms in total. The first-order chi connectivity index (χ1) is 17.3. The maximum absolute atomic E-state index is 13.5. The first-order valence-electron chi connectivity index (χ1n) is 11.8. The summed E-state index contributed by atoms with van der Waals surface area (Å²) in [6.45, 7) is 2.87. The molecule has 36 heavy (non-hydrogen) atoms. The highest BCUT2D eigenvalue weighted by Gasteiger charge is 2.56. The number of anilines is 2. The van der Waals surface area contributed by atoms with Gasteiger partial charge in [-0.3, -0.25) is 9.52 Å². The predicted octanol–water partition coefficient (Wildman–Crippen LogP) is 3.52. The van der Waals surface area contributed by atoms with Crippen molar-refractivity contribution in [2.45, 2.75) is 42.9 Å². The van der Waals surface area contributed by atoms with Crippen LogP contribution >= 0.6 is 0 Å². The molecule has 1 aliphatic heterocycles. The number of nitrogens with zero attached hydrogens (tertiary/aromatic N) is 3. The van der Waals surface area contributed by atoms with Gasteiger partial charge in [0, 0.05) is 47.5 Å². The number of amides is 1. The summed E-state index contributed by atoms with van der Waals surface area (Å²) in [5, 5.41) is 4.13. The van der Waals surface area contributed by atoms with Gasteiger partial charge in [0.05, 0.1) is 14.2 Å². The number of ether oxygens (including phenoxy) is 2. The van der Waals surface area contributed by atoms with Gasteiger partial charge in [-0.2, -0.15) is 0 Å². The molecule has 2 aliphatic carbocycles. The van der Waals surface area contributed by atoms with Crippen LogP contribution in [0.25, 0.3) is 11.3 Å². The topological polar surface area (TPSA) is 124 Å². The number of benzene rings is 1. The number of fused-ring (bicyclic) bond motifs is 4. The summed E-state index contributed by atoms with van der Waals surface area (Å²) >= 11 is 0. The Kier molecular flexibility index (Phi) is 5.05. The molecule has 2 aromatic heterocycles. The van der Waals surface area contributed by atoms with Crippen LogP contribution in [-0.2, 0) is 26.7 Å². The van der Waals surface area contributed by atoms with E-state index in [0.717, 1.165) is 29.7 Å². The molecule has 1 N–H and O–H groups in total. The number of pyridine rings is 1. The van der Waals surface area contributed by atoms with E-state index in [0.29, 0.717) is 36.6 Å². The van der Waals surface area contributed by atoms with Crippen LogP contribution in [0.4, 0.5) is 11.5 Å². The molecular formula is C25H26N4O6S. The standard InChI is InChI=1S/C25H26N4O6S/c1-14-12-25(14)13-17-21(16-11-15(6-7-18(16)25)29-10-4-5-20(29)30)35-27-23(17)28-36(31,32)22-19(33-2)8-9-26-24(22)34-3/h6-9,11,14H,4-5,10,12-13H2,1-3H3,(H,27,28)/t14-,25+/m1/s1. The molecule has 1 amide bonds. The van der Waals surface area contributed by atoms with Gasteiger partial charge < -0.3 is 18.9 Å². The first kappa shape index (κ1) is 22.8. The summed E-state index contributed by atoms with van der Waals surface area (Å²) in [7, 11) is -1.45. The lowest BCUT2D eigenvalue weighted by Gasteiger charge is -2.27. The molecule has 1 saturated heterocycles. The van der Waals surface area contributed by atoms with Crippen LogP contribution in [-0.4, -0.2) is 45.2 Å². The molecule has 3 aliphatic rings. The molecular weight excluding hydrogens is 484 g/mol. The second-order valence-corrected chi connectivity index (χ2v) is 11.2. The highest BCUT2D eigenvalue weighted by molar-refractivity contribution is 7.93. The van der Waals surface area contributed by atoms with E-state index in [-0.39, 0.29) is 33.7 Å². The van der Waals surface area contributed by atoms with E-state index in [1.54, 1.807) is 4.90 Å². The average Bonchev–Trinajstić information content (AvgIpc) is 3.16. The Hall–Kier alpha value is -3.60. The molecule has 11 heteroatoms. The van der Waals surface area contributed by atoms with Crippen molar-refractivity contribution in [2.24, 2.45) is 5.92 Å². The second-order valence-electron chi connectivity index (χ2n) is 9.61. The molecule has 3 heterocycles. The smallest absolute Gasteiger partial charge is 0.272 e. The van der Waals surface area contributed by atoms with Gasteiger partial charge in [0.15, 0.2) is 16.5 Å². The van der Waals surface area contributed by atoms with Crippen LogP contribution in [0.1, 0.15) is 37.3 Å². The average molecular weight is 511 g/mol. The fourth-order valence-corrected chi connectivity index (χ4v) is 6.97. The molecule has 188 valence electrons. The lowest BCUT2D eigenvalue weighted by atomic mass is 9.78. The van der Waals surface area contributed by atoms with Crippen LogP contribution in [0.3, 0.4) is 0 Å². The molecule has 1 saturated carbocycles. The van der Waals surface area contributed by atoms with Gasteiger partial charge in [0.25, 0.3) is 10.0 Å². The van der Waals surface area contributed by atoms with Gasteiger partial charge in [0.1, 0.15) is 5.75 Å². The van der Waals surface area contributed by atoms with Crippen molar-refractivity contribution in [1.29, 1.82) is 0 Å². The van der Waals surface area contributed by atoms with Crippen molar-refractivity contribution in [3.8, 4) is 23.0 Å². The van der Waals surface area contributed by atoms with E-state index in [1.807, 2.05) is 12.1 Å². The Morgan fingerprint density at radius 1 is 1.22 bits per heavy atom. The zero-order valence-electron chi connectivity index (χ0n) is 20.2. The zero-order chi connectivity index (χ0) is 25.2. The number of methoxy groups -OCH3 is 2. The van der Waals surface area contributed by atoms with Crippen LogP contribution in [0, 0.1) is 5.92 Å². The SMILES string of the molecule is COc1ccnc(OC)c1S(=O)(=O)Nc1noc2c1C[C@]1(C[C@H]1C)c1ccc(N3CCCC3=O)cc1-2. The number of sulfonamides is 1. The first-order valence-corrected chi connectivity index (χ1v) is 13.3. The third-order valence-electron chi connectivity index (χ3n) is 7.65. The van der Waals surface area contributed by atoms with E-state index in [4.69, 9.17) is 14.0 Å². The van der Waals surface area contributed by atoms with Gasteiger partial charge in [-0.15, -0.1) is 0 Å². The molecule has 1 aromatic carbocycles. The number of hydrogen-bond acceptors (Lipinski definition) is 8. The fourth-order valence-electron chi connectivity index (χ4n) is 5.67. The third kappa shape index (κ3) is 3.29. The van der Waals surface area contributed by atoms with Crippen LogP contribution in [0.5, 0.6) is 11.6 Å². The molecule has 0 radical (unpaired) electrons. The summed E-state index contributed by atoms with van der Waals surface area (Å²) in [5.41, 5.74) is 3.40. The quantitative estimate of drug-likeness (QED) is 0.534. The van der Waals surface area contributed by atoms with Crippen molar-refractivity contribution in [3.05, 3.63) is 41.6 Å². The van der Waals surface area contributed by atoms with Gasteiger partial charge in [0.2, 0.25) is 11.8 Å². The van der Waals surface area contributed by atoms with Crippen LogP contribution in [0.2, 0.25) is 0 Å². The van der Waals surface area contributed by atoms with Gasteiger partial charge >= 0.3 is 0 Å². The van der Waals surface area contributed by atoms with Gasteiger partial charge in [-0.25, -0.2) is 13.4 Å². The minimum atomic E-state index is -4.18. The van der Waals surface area contributed by atoms with Crippen molar-refractivity contribution in [1.82, 2.24) is 10.1 Å². The molecule has 0 bridgehead atoms. The number of nitrogens with one attached hydrogen (secondary N) is 1. The molecule has 2 atom stereocenters. The molecule has 1 spiro atoms. The number of carbonyl (C=O) groups excluding carboxylic acids is 1. The fraction of sp³-hybridized carbons (Fsp3) is 0.400. The van der Waals surface area contributed by atoms with Gasteiger partial charge in [-0.05, 0) is 42.9 Å². The van der Waals surface area contributed by atoms with Crippen molar-refractivity contribution in [2.75, 3.05) is 30.4 Å². The second kappa shape index (κ2) is 7.95. The van der Waals surface area contributed by atoms with Crippen LogP contribution in [0.15, 0.2) is 39.9 Å². The summed E-state index contributed by atoms with van der Waals surface area (Å²) in [6, 6.07) is 7.51. The van der Waals surface area contributed by atoms with E-state index in [2.05, 4.69) is 27.9 Å². The van der Waals surface area contributed by atoms with E-state index in [9.17, 15) is 13.2 Å². The highest BCUT2D eigenvalue weighted by atomic mass is 32.2. The molecule has 3 aromatic rings. The monoisotopic (exact) mass is 510 g/mol. The molecule has 6 rings (SSSR count). The van der Waals surface area contributed by atoms with E-state index < -0.39 is 10.0 Å². The normalized spacial score (nSPS) is 22.4. The van der Waals surface area contributed by atoms with Crippen molar-refractivity contribution >= 4 is 27.4 Å². The maximum atomic E-state index is 13.5. The minimum Gasteiger partial charge on any atom is -0.495 e. The minimum absolute atomic E-state index is 0.0863. The maximum Gasteiger partial charge on any atom is 0.272 e. The van der Waals surface area contributed by atoms with Gasteiger partial charge in [-0.1, -0.05) is 18.1 Å². The Morgan fingerprint density at radius 2 is 2.03 bits per heavy atom.